The number of hydrogen-bond acceptors (Lipinski definition) is 6. The number of nitrogens with zero attached hydrogens (tertiary/aromatic N) is 1. The molecule has 1 aromatic rings. The number of nitro groups is 1. The van der Waals surface area contributed by atoms with E-state index in [2.05, 4.69) is 10.5 Å². The highest BCUT2D eigenvalue weighted by atomic mass is 32.2. The number of ether oxygens (including phenoxy) is 1. The summed E-state index contributed by atoms with van der Waals surface area (Å²) in [6, 6.07) is 6.80. The zero-order chi connectivity index (χ0) is 17.2. The largest absolute Gasteiger partial charge is 0.760 e. The molecule has 8 nitrogen and oxygen atoms in total. The summed E-state index contributed by atoms with van der Waals surface area (Å²) in [5.74, 6) is 0.575. The molecular formula is C14H22N3O5S-. The van der Waals surface area contributed by atoms with Gasteiger partial charge in [0.2, 0.25) is 0 Å². The standard InChI is InChI=1S/C14H20N2O3.H3NO2S/c1-19-12-8-6-11(7-9-12)10-15-13-4-2-3-5-14(13)16(17)18;1-4(2)3/h2-5,11-12,15H,6-10H2,1H3;1H2,(H,2,3)/p-1. The quantitative estimate of drug-likeness (QED) is 0.477. The third-order valence-electron chi connectivity index (χ3n) is 3.81. The molecule has 9 heteroatoms. The first-order valence-corrected chi connectivity index (χ1v) is 8.41. The predicted octanol–water partition coefficient (Wildman–Crippen LogP) is 1.95. The molecule has 23 heavy (non-hydrogen) atoms. The van der Waals surface area contributed by atoms with Crippen molar-refractivity contribution < 1.29 is 18.4 Å². The Hall–Kier alpha value is -1.55. The fourth-order valence-electron chi connectivity index (χ4n) is 2.61. The Morgan fingerprint density at radius 1 is 1.35 bits per heavy atom. The molecule has 0 radical (unpaired) electrons. The maximum absolute atomic E-state index is 10.9. The molecule has 1 aromatic carbocycles. The van der Waals surface area contributed by atoms with Gasteiger partial charge in [-0.3, -0.25) is 19.5 Å². The fraction of sp³-hybridized carbons (Fsp3) is 0.571. The van der Waals surface area contributed by atoms with Crippen LogP contribution in [0.15, 0.2) is 24.3 Å². The van der Waals surface area contributed by atoms with Crippen LogP contribution in [-0.4, -0.2) is 33.4 Å². The summed E-state index contributed by atoms with van der Waals surface area (Å²) < 4.78 is 22.9. The van der Waals surface area contributed by atoms with Gasteiger partial charge in [-0.15, -0.1) is 0 Å². The molecule has 0 aliphatic heterocycles. The van der Waals surface area contributed by atoms with Crippen LogP contribution in [0.1, 0.15) is 25.7 Å². The monoisotopic (exact) mass is 344 g/mol. The van der Waals surface area contributed by atoms with Crippen LogP contribution in [0.2, 0.25) is 0 Å². The lowest BCUT2D eigenvalue weighted by molar-refractivity contribution is -0.384. The van der Waals surface area contributed by atoms with E-state index in [0.29, 0.717) is 17.7 Å². The lowest BCUT2D eigenvalue weighted by Gasteiger charge is -2.27. The second-order valence-corrected chi connectivity index (χ2v) is 5.82. The number of rotatable bonds is 5. The average Bonchev–Trinajstić information content (AvgIpc) is 2.53. The van der Waals surface area contributed by atoms with Gasteiger partial charge >= 0.3 is 0 Å². The topological polar surface area (TPSA) is 131 Å². The molecule has 1 fully saturated rings. The summed E-state index contributed by atoms with van der Waals surface area (Å²) in [4.78, 5) is 10.6. The molecule has 0 spiro atoms. The molecule has 1 saturated carbocycles. The van der Waals surface area contributed by atoms with Gasteiger partial charge in [-0.25, -0.2) is 0 Å². The minimum Gasteiger partial charge on any atom is -0.760 e. The summed E-state index contributed by atoms with van der Waals surface area (Å²) in [6.07, 6.45) is 4.79. The Morgan fingerprint density at radius 3 is 2.43 bits per heavy atom. The smallest absolute Gasteiger partial charge is 0.292 e. The molecule has 0 aromatic heterocycles. The molecule has 1 aliphatic rings. The summed E-state index contributed by atoms with van der Waals surface area (Å²) in [5, 5.41) is 18.1. The van der Waals surface area contributed by atoms with E-state index in [4.69, 9.17) is 13.5 Å². The van der Waals surface area contributed by atoms with E-state index >= 15 is 0 Å². The van der Waals surface area contributed by atoms with Crippen molar-refractivity contribution in [3.63, 3.8) is 0 Å². The Labute approximate surface area is 138 Å². The van der Waals surface area contributed by atoms with E-state index in [9.17, 15) is 10.1 Å². The second-order valence-electron chi connectivity index (χ2n) is 5.29. The van der Waals surface area contributed by atoms with Gasteiger partial charge in [0.25, 0.3) is 5.69 Å². The summed E-state index contributed by atoms with van der Waals surface area (Å²) in [7, 11) is 1.76. The van der Waals surface area contributed by atoms with Crippen LogP contribution < -0.4 is 10.5 Å². The third-order valence-corrected chi connectivity index (χ3v) is 3.81. The van der Waals surface area contributed by atoms with Gasteiger partial charge in [-0.2, -0.15) is 0 Å². The van der Waals surface area contributed by atoms with Gasteiger partial charge < -0.3 is 14.6 Å². The first kappa shape index (κ1) is 19.5. The zero-order valence-electron chi connectivity index (χ0n) is 13.0. The minimum atomic E-state index is -2.36. The Kier molecular flexibility index (Phi) is 8.70. The van der Waals surface area contributed by atoms with Crippen molar-refractivity contribution >= 4 is 22.6 Å². The Balaban J connectivity index is 0.000000593. The Morgan fingerprint density at radius 2 is 1.91 bits per heavy atom. The van der Waals surface area contributed by atoms with Crippen LogP contribution in [0.3, 0.4) is 0 Å². The van der Waals surface area contributed by atoms with Gasteiger partial charge in [0.1, 0.15) is 5.69 Å². The van der Waals surface area contributed by atoms with E-state index in [-0.39, 0.29) is 10.6 Å². The Bertz CT molecular complexity index is 517. The molecule has 0 amide bonds. The fourth-order valence-corrected chi connectivity index (χ4v) is 2.61. The van der Waals surface area contributed by atoms with E-state index in [1.807, 2.05) is 6.07 Å². The predicted molar refractivity (Wildman–Crippen MR) is 87.4 cm³/mol. The summed E-state index contributed by atoms with van der Waals surface area (Å²) >= 11 is -2.36. The van der Waals surface area contributed by atoms with E-state index in [0.717, 1.165) is 32.2 Å². The van der Waals surface area contributed by atoms with Crippen molar-refractivity contribution in [3.8, 4) is 0 Å². The second kappa shape index (κ2) is 10.3. The zero-order valence-corrected chi connectivity index (χ0v) is 13.8. The molecule has 130 valence electrons. The number of nitrogens with two attached hydrogens (primary N) is 1. The van der Waals surface area contributed by atoms with Gasteiger partial charge in [-0.1, -0.05) is 12.1 Å². The maximum atomic E-state index is 10.9. The molecular weight excluding hydrogens is 322 g/mol. The molecule has 0 bridgehead atoms. The molecule has 3 N–H and O–H groups in total. The van der Waals surface area contributed by atoms with Gasteiger partial charge in [0, 0.05) is 31.0 Å². The van der Waals surface area contributed by atoms with Crippen molar-refractivity contribution in [1.29, 1.82) is 0 Å². The molecule has 1 atom stereocenters. The molecule has 2 rings (SSSR count). The highest BCUT2D eigenvalue weighted by Gasteiger charge is 2.21. The summed E-state index contributed by atoms with van der Waals surface area (Å²) in [6.45, 7) is 0.793. The van der Waals surface area contributed by atoms with Crippen molar-refractivity contribution in [2.45, 2.75) is 31.8 Å². The first-order chi connectivity index (χ1) is 10.9. The highest BCUT2D eigenvalue weighted by Crippen LogP contribution is 2.28. The third kappa shape index (κ3) is 7.51. The number of para-hydroxylation sites is 2. The van der Waals surface area contributed by atoms with E-state index < -0.39 is 11.3 Å². The number of anilines is 1. The van der Waals surface area contributed by atoms with Crippen LogP contribution in [0, 0.1) is 16.0 Å². The lowest BCUT2D eigenvalue weighted by atomic mass is 9.87. The molecule has 1 aliphatic carbocycles. The van der Waals surface area contributed by atoms with Gasteiger partial charge in [-0.05, 0) is 37.7 Å². The molecule has 1 unspecified atom stereocenters. The van der Waals surface area contributed by atoms with Crippen LogP contribution in [0.25, 0.3) is 0 Å². The van der Waals surface area contributed by atoms with Crippen molar-refractivity contribution in [3.05, 3.63) is 34.4 Å². The number of nitro benzene ring substituents is 1. The first-order valence-electron chi connectivity index (χ1n) is 7.27. The lowest BCUT2D eigenvalue weighted by Crippen LogP contribution is -2.25. The average molecular weight is 344 g/mol. The van der Waals surface area contributed by atoms with E-state index in [1.54, 1.807) is 19.2 Å². The number of nitrogens with one attached hydrogen (secondary N) is 1. The van der Waals surface area contributed by atoms with Crippen LogP contribution in [0.4, 0.5) is 11.4 Å². The maximum Gasteiger partial charge on any atom is 0.292 e. The van der Waals surface area contributed by atoms with E-state index in [1.165, 1.54) is 6.07 Å². The molecule has 0 saturated heterocycles. The highest BCUT2D eigenvalue weighted by molar-refractivity contribution is 7.76. The molecule has 0 heterocycles. The van der Waals surface area contributed by atoms with Crippen LogP contribution >= 0.6 is 0 Å². The van der Waals surface area contributed by atoms with Crippen molar-refractivity contribution in [2.75, 3.05) is 19.0 Å². The van der Waals surface area contributed by atoms with Crippen molar-refractivity contribution in [1.82, 2.24) is 0 Å². The minimum absolute atomic E-state index is 0.146. The normalized spacial score (nSPS) is 21.7. The number of hydrogen-bond donors (Lipinski definition) is 2. The van der Waals surface area contributed by atoms with Crippen molar-refractivity contribution in [2.24, 2.45) is 11.1 Å². The van der Waals surface area contributed by atoms with Gasteiger partial charge in [0.05, 0.1) is 11.0 Å². The van der Waals surface area contributed by atoms with Crippen LogP contribution in [0.5, 0.6) is 0 Å². The number of benzene rings is 1. The van der Waals surface area contributed by atoms with Crippen LogP contribution in [-0.2, 0) is 16.0 Å². The SMILES string of the molecule is COC1CCC(CNc2ccccc2[N+](=O)[O-])CC1.NS(=O)[O-]. The number of methoxy groups -OCH3 is 1. The van der Waals surface area contributed by atoms with Gasteiger partial charge in [0.15, 0.2) is 0 Å². The summed E-state index contributed by atoms with van der Waals surface area (Å²) in [5.41, 5.74) is 0.759.